The van der Waals surface area contributed by atoms with Crippen LogP contribution in [0, 0.1) is 11.3 Å². The molecule has 1 heterocycles. The molecule has 0 N–H and O–H groups in total. The molecule has 3 heteroatoms. The monoisotopic (exact) mass is 225 g/mol. The predicted octanol–water partition coefficient (Wildman–Crippen LogP) is 2.72. The lowest BCUT2D eigenvalue weighted by Gasteiger charge is -2.01. The van der Waals surface area contributed by atoms with Crippen LogP contribution in [0.1, 0.15) is 18.1 Å². The van der Waals surface area contributed by atoms with E-state index < -0.39 is 0 Å². The maximum absolute atomic E-state index is 8.80. The van der Waals surface area contributed by atoms with Crippen molar-refractivity contribution >= 4 is 0 Å². The van der Waals surface area contributed by atoms with Crippen LogP contribution >= 0.6 is 0 Å². The fourth-order valence-electron chi connectivity index (χ4n) is 1.89. The SMILES string of the molecule is CCc1ccc(-c2nn(C)cc2CC#N)cc1. The van der Waals surface area contributed by atoms with Crippen LogP contribution in [0.25, 0.3) is 11.3 Å². The Kier molecular flexibility index (Phi) is 3.24. The van der Waals surface area contributed by atoms with Crippen molar-refractivity contribution < 1.29 is 0 Å². The van der Waals surface area contributed by atoms with Gasteiger partial charge in [0.25, 0.3) is 0 Å². The van der Waals surface area contributed by atoms with Gasteiger partial charge in [0.15, 0.2) is 0 Å². The summed E-state index contributed by atoms with van der Waals surface area (Å²) in [5.74, 6) is 0. The van der Waals surface area contributed by atoms with Crippen LogP contribution in [-0.4, -0.2) is 9.78 Å². The van der Waals surface area contributed by atoms with Crippen molar-refractivity contribution in [2.45, 2.75) is 19.8 Å². The number of aryl methyl sites for hydroxylation is 2. The lowest BCUT2D eigenvalue weighted by molar-refractivity contribution is 0.770. The van der Waals surface area contributed by atoms with Crippen LogP contribution in [0.4, 0.5) is 0 Å². The van der Waals surface area contributed by atoms with Gasteiger partial charge in [-0.05, 0) is 12.0 Å². The highest BCUT2D eigenvalue weighted by Crippen LogP contribution is 2.22. The zero-order valence-electron chi connectivity index (χ0n) is 10.1. The van der Waals surface area contributed by atoms with Crippen LogP contribution < -0.4 is 0 Å². The Morgan fingerprint density at radius 3 is 2.59 bits per heavy atom. The molecule has 0 aliphatic rings. The largest absolute Gasteiger partial charge is 0.275 e. The van der Waals surface area contributed by atoms with Crippen LogP contribution in [0.3, 0.4) is 0 Å². The van der Waals surface area contributed by atoms with Crippen molar-refractivity contribution in [2.75, 3.05) is 0 Å². The molecule has 0 saturated heterocycles. The van der Waals surface area contributed by atoms with Gasteiger partial charge in [0.1, 0.15) is 0 Å². The van der Waals surface area contributed by atoms with Crippen molar-refractivity contribution in [1.29, 1.82) is 5.26 Å². The summed E-state index contributed by atoms with van der Waals surface area (Å²) in [7, 11) is 1.88. The number of hydrogen-bond acceptors (Lipinski definition) is 2. The van der Waals surface area contributed by atoms with Gasteiger partial charge < -0.3 is 0 Å². The first kappa shape index (κ1) is 11.4. The molecule has 0 aliphatic carbocycles. The molecule has 3 nitrogen and oxygen atoms in total. The van der Waals surface area contributed by atoms with Crippen molar-refractivity contribution in [1.82, 2.24) is 9.78 Å². The lowest BCUT2D eigenvalue weighted by Crippen LogP contribution is -1.88. The van der Waals surface area contributed by atoms with E-state index in [1.165, 1.54) is 5.56 Å². The molecule has 2 aromatic rings. The summed E-state index contributed by atoms with van der Waals surface area (Å²) in [6.07, 6.45) is 3.35. The third-order valence-electron chi connectivity index (χ3n) is 2.81. The molecular weight excluding hydrogens is 210 g/mol. The van der Waals surface area contributed by atoms with Gasteiger partial charge in [0, 0.05) is 24.4 Å². The highest BCUT2D eigenvalue weighted by Gasteiger charge is 2.09. The Morgan fingerprint density at radius 1 is 1.29 bits per heavy atom. The number of aromatic nitrogens is 2. The van der Waals surface area contributed by atoms with Crippen molar-refractivity contribution in [3.8, 4) is 17.3 Å². The molecule has 0 fully saturated rings. The van der Waals surface area contributed by atoms with Gasteiger partial charge in [-0.3, -0.25) is 4.68 Å². The first-order chi connectivity index (χ1) is 8.24. The van der Waals surface area contributed by atoms with E-state index in [-0.39, 0.29) is 0 Å². The van der Waals surface area contributed by atoms with Crippen molar-refractivity contribution in [3.63, 3.8) is 0 Å². The summed E-state index contributed by atoms with van der Waals surface area (Å²) in [4.78, 5) is 0. The van der Waals surface area contributed by atoms with E-state index in [2.05, 4.69) is 42.4 Å². The molecule has 0 amide bonds. The number of nitriles is 1. The highest BCUT2D eigenvalue weighted by atomic mass is 15.2. The minimum absolute atomic E-state index is 0.401. The fourth-order valence-corrected chi connectivity index (χ4v) is 1.89. The number of benzene rings is 1. The van der Waals surface area contributed by atoms with E-state index in [0.717, 1.165) is 23.2 Å². The molecule has 0 radical (unpaired) electrons. The quantitative estimate of drug-likeness (QED) is 0.806. The number of rotatable bonds is 3. The molecule has 1 aromatic heterocycles. The zero-order chi connectivity index (χ0) is 12.3. The Bertz CT molecular complexity index is 544. The van der Waals surface area contributed by atoms with E-state index in [1.807, 2.05) is 13.2 Å². The van der Waals surface area contributed by atoms with Gasteiger partial charge in [0.2, 0.25) is 0 Å². The summed E-state index contributed by atoms with van der Waals surface area (Å²) < 4.78 is 1.76. The topological polar surface area (TPSA) is 41.6 Å². The minimum atomic E-state index is 0.401. The van der Waals surface area contributed by atoms with Crippen molar-refractivity contribution in [3.05, 3.63) is 41.6 Å². The first-order valence-electron chi connectivity index (χ1n) is 5.73. The first-order valence-corrected chi connectivity index (χ1v) is 5.73. The summed E-state index contributed by atoms with van der Waals surface area (Å²) in [6.45, 7) is 2.14. The molecular formula is C14H15N3. The van der Waals surface area contributed by atoms with Crippen LogP contribution in [0.2, 0.25) is 0 Å². The van der Waals surface area contributed by atoms with E-state index in [4.69, 9.17) is 5.26 Å². The Hall–Kier alpha value is -2.08. The number of hydrogen-bond donors (Lipinski definition) is 0. The summed E-state index contributed by atoms with van der Waals surface area (Å²) in [5, 5.41) is 13.2. The van der Waals surface area contributed by atoms with Gasteiger partial charge in [-0.2, -0.15) is 10.4 Å². The standard InChI is InChI=1S/C14H15N3/c1-3-11-4-6-12(7-5-11)14-13(8-9-15)10-17(2)16-14/h4-7,10H,3,8H2,1-2H3. The lowest BCUT2D eigenvalue weighted by atomic mass is 10.0. The molecule has 0 bridgehead atoms. The maximum Gasteiger partial charge on any atom is 0.0965 e. The van der Waals surface area contributed by atoms with E-state index in [9.17, 15) is 0 Å². The zero-order valence-corrected chi connectivity index (χ0v) is 10.1. The average molecular weight is 225 g/mol. The normalized spacial score (nSPS) is 10.2. The van der Waals surface area contributed by atoms with Gasteiger partial charge in [-0.15, -0.1) is 0 Å². The van der Waals surface area contributed by atoms with Crippen LogP contribution in [-0.2, 0) is 19.9 Å². The molecule has 0 saturated carbocycles. The van der Waals surface area contributed by atoms with Gasteiger partial charge in [0.05, 0.1) is 18.2 Å². The summed E-state index contributed by atoms with van der Waals surface area (Å²) in [5.41, 5.74) is 4.29. The fraction of sp³-hybridized carbons (Fsp3) is 0.286. The Labute approximate surface area is 101 Å². The van der Waals surface area contributed by atoms with Gasteiger partial charge in [-0.25, -0.2) is 0 Å². The third-order valence-corrected chi connectivity index (χ3v) is 2.81. The molecule has 1 aromatic carbocycles. The van der Waals surface area contributed by atoms with Gasteiger partial charge in [-0.1, -0.05) is 31.2 Å². The third kappa shape index (κ3) is 2.36. The average Bonchev–Trinajstić information content (AvgIpc) is 2.71. The second-order valence-corrected chi connectivity index (χ2v) is 4.06. The second kappa shape index (κ2) is 4.84. The second-order valence-electron chi connectivity index (χ2n) is 4.06. The molecule has 0 atom stereocenters. The van der Waals surface area contributed by atoms with Crippen LogP contribution in [0.15, 0.2) is 30.5 Å². The molecule has 0 aliphatic heterocycles. The van der Waals surface area contributed by atoms with Crippen LogP contribution in [0.5, 0.6) is 0 Å². The predicted molar refractivity (Wildman–Crippen MR) is 67.3 cm³/mol. The molecule has 17 heavy (non-hydrogen) atoms. The smallest absolute Gasteiger partial charge is 0.0965 e. The highest BCUT2D eigenvalue weighted by molar-refractivity contribution is 5.63. The van der Waals surface area contributed by atoms with E-state index >= 15 is 0 Å². The summed E-state index contributed by atoms with van der Waals surface area (Å²) in [6, 6.07) is 10.5. The number of nitrogens with zero attached hydrogens (tertiary/aromatic N) is 3. The molecule has 86 valence electrons. The minimum Gasteiger partial charge on any atom is -0.275 e. The van der Waals surface area contributed by atoms with E-state index in [1.54, 1.807) is 4.68 Å². The summed E-state index contributed by atoms with van der Waals surface area (Å²) >= 11 is 0. The molecule has 0 spiro atoms. The molecule has 0 unspecified atom stereocenters. The Morgan fingerprint density at radius 2 is 2.00 bits per heavy atom. The Balaban J connectivity index is 2.41. The molecule has 2 rings (SSSR count). The maximum atomic E-state index is 8.80. The van der Waals surface area contributed by atoms with E-state index in [0.29, 0.717) is 6.42 Å². The van der Waals surface area contributed by atoms with Crippen molar-refractivity contribution in [2.24, 2.45) is 7.05 Å². The van der Waals surface area contributed by atoms with Gasteiger partial charge >= 0.3 is 0 Å².